The van der Waals surface area contributed by atoms with Gasteiger partial charge in [0, 0.05) is 25.7 Å². The van der Waals surface area contributed by atoms with Gasteiger partial charge in [0.2, 0.25) is 0 Å². The number of rotatable bonds is 80. The monoisotopic (exact) mass is 1490 g/mol. The van der Waals surface area contributed by atoms with Crippen molar-refractivity contribution in [1.82, 2.24) is 0 Å². The second-order valence-corrected chi connectivity index (χ2v) is 34.2. The first-order valence-corrected chi connectivity index (χ1v) is 45.8. The Morgan fingerprint density at radius 1 is 0.275 bits per heavy atom. The fourth-order valence-electron chi connectivity index (χ4n) is 12.7. The maximum absolute atomic E-state index is 13.1. The number of phosphoric acid groups is 2. The summed E-state index contributed by atoms with van der Waals surface area (Å²) in [6.07, 6.45) is 60.1. The third kappa shape index (κ3) is 73.6. The Morgan fingerprint density at radius 3 is 0.696 bits per heavy atom. The van der Waals surface area contributed by atoms with Crippen LogP contribution >= 0.6 is 15.6 Å². The van der Waals surface area contributed by atoms with Crippen molar-refractivity contribution in [2.24, 2.45) is 23.7 Å². The van der Waals surface area contributed by atoms with Gasteiger partial charge in [-0.25, -0.2) is 9.13 Å². The Kier molecular flexibility index (Phi) is 70.6. The van der Waals surface area contributed by atoms with E-state index >= 15 is 0 Å². The van der Waals surface area contributed by atoms with Crippen LogP contribution in [0.25, 0.3) is 0 Å². The van der Waals surface area contributed by atoms with Gasteiger partial charge in [-0.3, -0.25) is 37.3 Å². The number of phosphoric ester groups is 2. The lowest BCUT2D eigenvalue weighted by atomic mass is 9.99. The van der Waals surface area contributed by atoms with Crippen LogP contribution in [0, 0.1) is 23.7 Å². The molecule has 7 atom stereocenters. The lowest BCUT2D eigenvalue weighted by Gasteiger charge is -2.21. The zero-order valence-electron chi connectivity index (χ0n) is 67.2. The molecule has 17 nitrogen and oxygen atoms in total. The lowest BCUT2D eigenvalue weighted by Crippen LogP contribution is -2.30. The van der Waals surface area contributed by atoms with E-state index in [2.05, 4.69) is 55.4 Å². The van der Waals surface area contributed by atoms with E-state index in [0.717, 1.165) is 114 Å². The number of esters is 4. The number of hydrogen-bond acceptors (Lipinski definition) is 15. The van der Waals surface area contributed by atoms with Crippen LogP contribution in [-0.2, 0) is 65.4 Å². The summed E-state index contributed by atoms with van der Waals surface area (Å²) in [5, 5.41) is 10.6. The summed E-state index contributed by atoms with van der Waals surface area (Å²) >= 11 is 0. The highest BCUT2D eigenvalue weighted by Crippen LogP contribution is 2.45. The predicted molar refractivity (Wildman–Crippen MR) is 418 cm³/mol. The van der Waals surface area contributed by atoms with Crippen molar-refractivity contribution < 1.29 is 80.2 Å². The molecule has 4 unspecified atom stereocenters. The molecule has 0 saturated heterocycles. The maximum Gasteiger partial charge on any atom is 0.472 e. The van der Waals surface area contributed by atoms with Crippen molar-refractivity contribution in [3.63, 3.8) is 0 Å². The largest absolute Gasteiger partial charge is 0.472 e. The Bertz CT molecular complexity index is 1990. The first kappa shape index (κ1) is 100. The summed E-state index contributed by atoms with van der Waals surface area (Å²) in [6, 6.07) is 0. The molecule has 0 aromatic rings. The van der Waals surface area contributed by atoms with Gasteiger partial charge in [-0.05, 0) is 49.4 Å². The van der Waals surface area contributed by atoms with Crippen molar-refractivity contribution in [1.29, 1.82) is 0 Å². The Balaban J connectivity index is 5.08. The van der Waals surface area contributed by atoms with E-state index in [1.807, 2.05) is 0 Å². The topological polar surface area (TPSA) is 237 Å². The Hall–Kier alpha value is -1.94. The van der Waals surface area contributed by atoms with E-state index in [9.17, 15) is 43.2 Å². The number of aliphatic hydroxyl groups excluding tert-OH is 1. The van der Waals surface area contributed by atoms with Gasteiger partial charge in [-0.15, -0.1) is 0 Å². The second kappa shape index (κ2) is 72.0. The van der Waals surface area contributed by atoms with Crippen LogP contribution in [0.1, 0.15) is 428 Å². The molecule has 0 aromatic carbocycles. The van der Waals surface area contributed by atoms with E-state index in [4.69, 9.17) is 37.0 Å². The SMILES string of the molecule is CCC(C)CCCCCCCCCCCCCCCCCCCCC(=O)O[C@H](COC(=O)CCCCCCCCC(C)CC)COP(=O)(O)OC[C@H](O)COP(=O)(O)OC[C@@H](COC(=O)CCCCCCCCCCCCCCCCCCCCC(C)C)OC(=O)CCCCCCCCC(C)C. The molecule has 0 aliphatic rings. The van der Waals surface area contributed by atoms with E-state index in [1.165, 1.54) is 225 Å². The molecular formula is C83H162O17P2. The van der Waals surface area contributed by atoms with Crippen molar-refractivity contribution in [3.8, 4) is 0 Å². The van der Waals surface area contributed by atoms with E-state index in [0.29, 0.717) is 31.6 Å². The Morgan fingerprint density at radius 2 is 0.471 bits per heavy atom. The molecule has 606 valence electrons. The molecule has 0 aliphatic heterocycles. The molecule has 0 bridgehead atoms. The minimum absolute atomic E-state index is 0.102. The summed E-state index contributed by atoms with van der Waals surface area (Å²) < 4.78 is 68.6. The van der Waals surface area contributed by atoms with Crippen LogP contribution in [0.15, 0.2) is 0 Å². The van der Waals surface area contributed by atoms with E-state index in [1.54, 1.807) is 0 Å². The molecule has 0 aromatic heterocycles. The number of aliphatic hydroxyl groups is 1. The summed E-state index contributed by atoms with van der Waals surface area (Å²) in [7, 11) is -9.92. The molecule has 0 saturated carbocycles. The van der Waals surface area contributed by atoms with Gasteiger partial charge in [0.1, 0.15) is 19.3 Å². The highest BCUT2D eigenvalue weighted by atomic mass is 31.2. The van der Waals surface area contributed by atoms with Gasteiger partial charge >= 0.3 is 39.5 Å². The highest BCUT2D eigenvalue weighted by Gasteiger charge is 2.30. The quantitative estimate of drug-likeness (QED) is 0.0222. The Labute approximate surface area is 626 Å². The average Bonchev–Trinajstić information content (AvgIpc) is 0.917. The number of carbonyl (C=O) groups excluding carboxylic acids is 4. The lowest BCUT2D eigenvalue weighted by molar-refractivity contribution is -0.161. The number of hydrogen-bond donors (Lipinski definition) is 3. The second-order valence-electron chi connectivity index (χ2n) is 31.3. The van der Waals surface area contributed by atoms with Crippen LogP contribution in [0.2, 0.25) is 0 Å². The zero-order valence-corrected chi connectivity index (χ0v) is 69.0. The average molecular weight is 1490 g/mol. The van der Waals surface area contributed by atoms with Crippen LogP contribution in [-0.4, -0.2) is 96.7 Å². The third-order valence-electron chi connectivity index (χ3n) is 20.0. The molecule has 3 N–H and O–H groups in total. The molecule has 0 aliphatic carbocycles. The van der Waals surface area contributed by atoms with Gasteiger partial charge in [0.05, 0.1) is 26.4 Å². The van der Waals surface area contributed by atoms with Crippen LogP contribution in [0.3, 0.4) is 0 Å². The van der Waals surface area contributed by atoms with Crippen LogP contribution in [0.5, 0.6) is 0 Å². The number of unbranched alkanes of at least 4 members (excludes halogenated alkanes) is 44. The molecule has 0 radical (unpaired) electrons. The third-order valence-corrected chi connectivity index (χ3v) is 21.9. The summed E-state index contributed by atoms with van der Waals surface area (Å²) in [6.45, 7) is 14.2. The first-order valence-electron chi connectivity index (χ1n) is 42.8. The van der Waals surface area contributed by atoms with Gasteiger partial charge in [-0.1, -0.05) is 376 Å². The summed E-state index contributed by atoms with van der Waals surface area (Å²) in [5.74, 6) is 0.974. The molecule has 0 amide bonds. The van der Waals surface area contributed by atoms with Crippen molar-refractivity contribution >= 4 is 39.5 Å². The minimum Gasteiger partial charge on any atom is -0.462 e. The van der Waals surface area contributed by atoms with Crippen molar-refractivity contribution in [2.75, 3.05) is 39.6 Å². The normalized spacial score (nSPS) is 14.5. The van der Waals surface area contributed by atoms with Crippen molar-refractivity contribution in [2.45, 2.75) is 446 Å². The van der Waals surface area contributed by atoms with Crippen LogP contribution < -0.4 is 0 Å². The van der Waals surface area contributed by atoms with Gasteiger partial charge in [0.15, 0.2) is 12.2 Å². The standard InChI is InChI=1S/C83H162O17P2/c1-9-75(7)61-53-45-36-32-28-24-20-16-12-14-18-22-26-30-34-38-49-57-65-82(87)99-78(70-94-81(86)64-56-48-42-40-46-54-62-76(8)10-2)71-97-101(89,90)95-67-77(84)68-96-102(91,92)98-72-79(100-83(88)66-58-50-41-39-44-52-60-74(5)6)69-93-80(85)63-55-47-37-33-29-25-21-17-13-11-15-19-23-27-31-35-43-51-59-73(3)4/h73-79,84H,9-72H2,1-8H3,(H,89,90)(H,91,92)/t75?,76?,77-,78+,79+/m0/s1. The van der Waals surface area contributed by atoms with Gasteiger partial charge in [-0.2, -0.15) is 0 Å². The van der Waals surface area contributed by atoms with Gasteiger partial charge < -0.3 is 33.8 Å². The maximum atomic E-state index is 13.1. The number of ether oxygens (including phenoxy) is 4. The molecule has 0 rings (SSSR count). The van der Waals surface area contributed by atoms with Gasteiger partial charge in [0.25, 0.3) is 0 Å². The molecular weight excluding hydrogens is 1330 g/mol. The van der Waals surface area contributed by atoms with Crippen molar-refractivity contribution in [3.05, 3.63) is 0 Å². The number of carbonyl (C=O) groups is 4. The minimum atomic E-state index is -4.96. The summed E-state index contributed by atoms with van der Waals surface area (Å²) in [5.41, 5.74) is 0. The fourth-order valence-corrected chi connectivity index (χ4v) is 14.3. The zero-order chi connectivity index (χ0) is 75.3. The highest BCUT2D eigenvalue weighted by molar-refractivity contribution is 7.47. The van der Waals surface area contributed by atoms with Crippen LogP contribution in [0.4, 0.5) is 0 Å². The van der Waals surface area contributed by atoms with E-state index in [-0.39, 0.29) is 25.7 Å². The van der Waals surface area contributed by atoms with E-state index < -0.39 is 97.5 Å². The molecule has 102 heavy (non-hydrogen) atoms. The molecule has 0 spiro atoms. The smallest absolute Gasteiger partial charge is 0.462 e. The molecule has 19 heteroatoms. The fraction of sp³-hybridized carbons (Fsp3) is 0.952. The molecule has 0 heterocycles. The summed E-state index contributed by atoms with van der Waals surface area (Å²) in [4.78, 5) is 72.9. The predicted octanol–water partition coefficient (Wildman–Crippen LogP) is 24.8. The molecule has 0 fully saturated rings. The first-order chi connectivity index (χ1) is 49.2.